The third-order valence-electron chi connectivity index (χ3n) is 3.82. The summed E-state index contributed by atoms with van der Waals surface area (Å²) in [5, 5.41) is 0. The van der Waals surface area contributed by atoms with Gasteiger partial charge >= 0.3 is 0 Å². The van der Waals surface area contributed by atoms with Gasteiger partial charge in [0.15, 0.2) is 5.78 Å². The molecule has 2 aliphatic carbocycles. The summed E-state index contributed by atoms with van der Waals surface area (Å²) in [6, 6.07) is 0. The van der Waals surface area contributed by atoms with E-state index in [1.807, 2.05) is 25.2 Å². The smallest absolute Gasteiger partial charge is 0.181 e. The minimum Gasteiger partial charge on any atom is -0.498 e. The van der Waals surface area contributed by atoms with E-state index < -0.39 is 0 Å². The first-order valence-electron chi connectivity index (χ1n) is 7.85. The van der Waals surface area contributed by atoms with Crippen LogP contribution in [0, 0.1) is 5.92 Å². The van der Waals surface area contributed by atoms with Crippen molar-refractivity contribution in [3.8, 4) is 0 Å². The van der Waals surface area contributed by atoms with Crippen LogP contribution in [0.1, 0.15) is 33.1 Å². The van der Waals surface area contributed by atoms with Gasteiger partial charge in [0.1, 0.15) is 5.76 Å². The van der Waals surface area contributed by atoms with Gasteiger partial charge in [-0.3, -0.25) is 4.79 Å². The quantitative estimate of drug-likeness (QED) is 0.688. The third kappa shape index (κ3) is 4.23. The maximum atomic E-state index is 12.3. The SMILES string of the molecule is CCOC1=CC=C(C(=O)/C=C/C2=C[C@H](C)CC=C2OC)CC1. The fraction of sp³-hybridized carbons (Fsp3) is 0.421. The highest BCUT2D eigenvalue weighted by molar-refractivity contribution is 6.04. The van der Waals surface area contributed by atoms with Crippen LogP contribution in [0.2, 0.25) is 0 Å². The van der Waals surface area contributed by atoms with Crippen molar-refractivity contribution >= 4 is 5.78 Å². The number of ether oxygens (including phenoxy) is 2. The van der Waals surface area contributed by atoms with Crippen LogP contribution < -0.4 is 0 Å². The van der Waals surface area contributed by atoms with Crippen LogP contribution in [0.3, 0.4) is 0 Å². The highest BCUT2D eigenvalue weighted by Gasteiger charge is 2.14. The van der Waals surface area contributed by atoms with E-state index >= 15 is 0 Å². The Kier molecular flexibility index (Phi) is 5.82. The Labute approximate surface area is 132 Å². The van der Waals surface area contributed by atoms with Gasteiger partial charge in [-0.05, 0) is 50.0 Å². The van der Waals surface area contributed by atoms with Gasteiger partial charge in [0.05, 0.1) is 19.5 Å². The molecular weight excluding hydrogens is 276 g/mol. The van der Waals surface area contributed by atoms with E-state index in [1.54, 1.807) is 13.2 Å². The van der Waals surface area contributed by atoms with Crippen molar-refractivity contribution < 1.29 is 14.3 Å². The lowest BCUT2D eigenvalue weighted by molar-refractivity contribution is -0.111. The average Bonchev–Trinajstić information content (AvgIpc) is 2.54. The summed E-state index contributed by atoms with van der Waals surface area (Å²) in [4.78, 5) is 12.3. The maximum Gasteiger partial charge on any atom is 0.181 e. The minimum absolute atomic E-state index is 0.0568. The first-order chi connectivity index (χ1) is 10.6. The number of allylic oxidation sites excluding steroid dienone is 8. The molecule has 0 heterocycles. The van der Waals surface area contributed by atoms with Crippen LogP contribution in [-0.2, 0) is 14.3 Å². The Morgan fingerprint density at radius 1 is 1.36 bits per heavy atom. The molecule has 1 atom stereocenters. The van der Waals surface area contributed by atoms with E-state index in [4.69, 9.17) is 9.47 Å². The monoisotopic (exact) mass is 300 g/mol. The first kappa shape index (κ1) is 16.3. The van der Waals surface area contributed by atoms with Crippen molar-refractivity contribution in [3.05, 3.63) is 59.1 Å². The number of carbonyl (C=O) groups is 1. The van der Waals surface area contributed by atoms with Gasteiger partial charge < -0.3 is 9.47 Å². The molecule has 0 fully saturated rings. The molecule has 0 aromatic rings. The number of ketones is 1. The topological polar surface area (TPSA) is 35.5 Å². The van der Waals surface area contributed by atoms with E-state index in [9.17, 15) is 4.79 Å². The average molecular weight is 300 g/mol. The number of rotatable bonds is 6. The van der Waals surface area contributed by atoms with Crippen LogP contribution in [0.25, 0.3) is 0 Å². The van der Waals surface area contributed by atoms with E-state index in [-0.39, 0.29) is 5.78 Å². The molecule has 2 aliphatic rings. The Bertz CT molecular complexity index is 573. The largest absolute Gasteiger partial charge is 0.498 e. The number of carbonyl (C=O) groups excluding carboxylic acids is 1. The van der Waals surface area contributed by atoms with E-state index in [2.05, 4.69) is 19.1 Å². The lowest BCUT2D eigenvalue weighted by Crippen LogP contribution is -2.06. The van der Waals surface area contributed by atoms with Crippen molar-refractivity contribution in [2.24, 2.45) is 5.92 Å². The Hall–Kier alpha value is -2.03. The summed E-state index contributed by atoms with van der Waals surface area (Å²) in [6.45, 7) is 4.79. The van der Waals surface area contributed by atoms with Gasteiger partial charge in [-0.1, -0.05) is 19.1 Å². The molecule has 0 aromatic heterocycles. The lowest BCUT2D eigenvalue weighted by atomic mass is 9.95. The van der Waals surface area contributed by atoms with Crippen LogP contribution in [-0.4, -0.2) is 19.5 Å². The Balaban J connectivity index is 2.04. The molecule has 3 heteroatoms. The summed E-state index contributed by atoms with van der Waals surface area (Å²) >= 11 is 0. The van der Waals surface area contributed by atoms with Gasteiger partial charge in [-0.2, -0.15) is 0 Å². The minimum atomic E-state index is 0.0568. The van der Waals surface area contributed by atoms with Gasteiger partial charge in [-0.25, -0.2) is 0 Å². The van der Waals surface area contributed by atoms with Crippen molar-refractivity contribution in [1.82, 2.24) is 0 Å². The van der Waals surface area contributed by atoms with Crippen LogP contribution in [0.15, 0.2) is 59.1 Å². The van der Waals surface area contributed by atoms with Crippen molar-refractivity contribution in [3.63, 3.8) is 0 Å². The van der Waals surface area contributed by atoms with Crippen molar-refractivity contribution in [2.75, 3.05) is 13.7 Å². The summed E-state index contributed by atoms with van der Waals surface area (Å²) < 4.78 is 10.8. The van der Waals surface area contributed by atoms with Crippen molar-refractivity contribution in [2.45, 2.75) is 33.1 Å². The van der Waals surface area contributed by atoms with E-state index in [0.717, 1.165) is 41.9 Å². The van der Waals surface area contributed by atoms with E-state index in [0.29, 0.717) is 12.5 Å². The van der Waals surface area contributed by atoms with E-state index in [1.165, 1.54) is 0 Å². The highest BCUT2D eigenvalue weighted by atomic mass is 16.5. The fourth-order valence-corrected chi connectivity index (χ4v) is 2.61. The molecule has 22 heavy (non-hydrogen) atoms. The van der Waals surface area contributed by atoms with Crippen molar-refractivity contribution in [1.29, 1.82) is 0 Å². The molecule has 0 saturated carbocycles. The van der Waals surface area contributed by atoms with Crippen LogP contribution in [0.5, 0.6) is 0 Å². The third-order valence-corrected chi connectivity index (χ3v) is 3.82. The predicted molar refractivity (Wildman–Crippen MR) is 88.1 cm³/mol. The molecule has 0 saturated heterocycles. The molecule has 3 nitrogen and oxygen atoms in total. The van der Waals surface area contributed by atoms with Gasteiger partial charge in [0.2, 0.25) is 0 Å². The molecule has 0 unspecified atom stereocenters. The number of methoxy groups -OCH3 is 1. The zero-order valence-corrected chi connectivity index (χ0v) is 13.6. The Morgan fingerprint density at radius 3 is 2.82 bits per heavy atom. The zero-order valence-electron chi connectivity index (χ0n) is 13.6. The molecule has 0 radical (unpaired) electrons. The predicted octanol–water partition coefficient (Wildman–Crippen LogP) is 4.25. The van der Waals surface area contributed by atoms with Gasteiger partial charge in [-0.15, -0.1) is 0 Å². The molecule has 0 bridgehead atoms. The molecule has 0 amide bonds. The molecule has 0 aromatic carbocycles. The molecule has 0 spiro atoms. The van der Waals surface area contributed by atoms with Gasteiger partial charge in [0.25, 0.3) is 0 Å². The summed E-state index contributed by atoms with van der Waals surface area (Å²) in [5.74, 6) is 2.33. The molecule has 0 N–H and O–H groups in total. The zero-order chi connectivity index (χ0) is 15.9. The number of hydrogen-bond donors (Lipinski definition) is 0. The normalized spacial score (nSPS) is 21.7. The maximum absolute atomic E-state index is 12.3. The van der Waals surface area contributed by atoms with Crippen LogP contribution in [0.4, 0.5) is 0 Å². The second-order valence-corrected chi connectivity index (χ2v) is 5.56. The van der Waals surface area contributed by atoms with Gasteiger partial charge in [0, 0.05) is 17.6 Å². The molecule has 0 aliphatic heterocycles. The molecule has 2 rings (SSSR count). The molecular formula is C19H24O3. The Morgan fingerprint density at radius 2 is 2.18 bits per heavy atom. The fourth-order valence-electron chi connectivity index (χ4n) is 2.61. The second-order valence-electron chi connectivity index (χ2n) is 5.56. The summed E-state index contributed by atoms with van der Waals surface area (Å²) in [7, 11) is 1.66. The molecule has 118 valence electrons. The first-order valence-corrected chi connectivity index (χ1v) is 7.85. The highest BCUT2D eigenvalue weighted by Crippen LogP contribution is 2.25. The summed E-state index contributed by atoms with van der Waals surface area (Å²) in [5.41, 5.74) is 1.81. The number of hydrogen-bond acceptors (Lipinski definition) is 3. The summed E-state index contributed by atoms with van der Waals surface area (Å²) in [6.07, 6.45) is 14.0. The van der Waals surface area contributed by atoms with Crippen LogP contribution >= 0.6 is 0 Å². The lowest BCUT2D eigenvalue weighted by Gasteiger charge is -2.16. The standard InChI is InChI=1S/C19H24O3/c1-4-22-17-9-6-15(7-10-17)18(20)11-8-16-13-14(2)5-12-19(16)21-3/h6,8-9,11-14H,4-5,7,10H2,1-3H3/b11-8+/t14-/m1/s1. The second kappa shape index (κ2) is 7.83.